The van der Waals surface area contributed by atoms with E-state index in [2.05, 4.69) is 47.0 Å². The fourth-order valence-corrected chi connectivity index (χ4v) is 4.42. The van der Waals surface area contributed by atoms with Crippen LogP contribution in [0.3, 0.4) is 0 Å². The van der Waals surface area contributed by atoms with Gasteiger partial charge in [0.25, 0.3) is 0 Å². The summed E-state index contributed by atoms with van der Waals surface area (Å²) in [6, 6.07) is 8.74. The maximum Gasteiger partial charge on any atom is 0.223 e. The molecule has 0 bridgehead atoms. The summed E-state index contributed by atoms with van der Waals surface area (Å²) >= 11 is 0. The Morgan fingerprint density at radius 1 is 1.25 bits per heavy atom. The van der Waals surface area contributed by atoms with Gasteiger partial charge in [-0.1, -0.05) is 31.0 Å². The molecule has 2 heterocycles. The van der Waals surface area contributed by atoms with Crippen molar-refractivity contribution in [1.82, 2.24) is 9.47 Å². The summed E-state index contributed by atoms with van der Waals surface area (Å²) in [6.45, 7) is 1.46. The molecule has 4 nitrogen and oxygen atoms in total. The lowest BCUT2D eigenvalue weighted by Crippen LogP contribution is -2.54. The Morgan fingerprint density at radius 2 is 2.08 bits per heavy atom. The average Bonchev–Trinajstić information content (AvgIpc) is 2.95. The van der Waals surface area contributed by atoms with Crippen LogP contribution in [-0.2, 0) is 23.0 Å². The zero-order valence-electron chi connectivity index (χ0n) is 14.4. The third-order valence-corrected chi connectivity index (χ3v) is 5.64. The largest absolute Gasteiger partial charge is 0.374 e. The molecule has 0 unspecified atom stereocenters. The minimum absolute atomic E-state index is 0.272. The highest BCUT2D eigenvalue weighted by atomic mass is 16.5. The first-order chi connectivity index (χ1) is 11.7. The van der Waals surface area contributed by atoms with Gasteiger partial charge in [0, 0.05) is 37.1 Å². The van der Waals surface area contributed by atoms with Gasteiger partial charge in [-0.3, -0.25) is 4.79 Å². The smallest absolute Gasteiger partial charge is 0.223 e. The highest BCUT2D eigenvalue weighted by Gasteiger charge is 2.36. The molecule has 128 valence electrons. The lowest BCUT2D eigenvalue weighted by Gasteiger charge is -2.43. The molecular formula is C20H26N2O2. The summed E-state index contributed by atoms with van der Waals surface area (Å²) in [5.74, 6) is 0.295. The van der Waals surface area contributed by atoms with E-state index in [4.69, 9.17) is 4.74 Å². The van der Waals surface area contributed by atoms with Crippen molar-refractivity contribution >= 4 is 16.8 Å². The number of para-hydroxylation sites is 1. The molecule has 1 saturated heterocycles. The predicted molar refractivity (Wildman–Crippen MR) is 94.9 cm³/mol. The lowest BCUT2D eigenvalue weighted by atomic mass is 9.90. The van der Waals surface area contributed by atoms with Crippen molar-refractivity contribution in [3.8, 4) is 0 Å². The van der Waals surface area contributed by atoms with Crippen LogP contribution in [0.4, 0.5) is 0 Å². The number of amides is 1. The summed E-state index contributed by atoms with van der Waals surface area (Å²) in [5, 5.41) is 1.27. The molecule has 1 saturated carbocycles. The van der Waals surface area contributed by atoms with Gasteiger partial charge in [-0.25, -0.2) is 0 Å². The molecule has 4 rings (SSSR count). The number of fused-ring (bicyclic) bond motifs is 2. The molecule has 0 radical (unpaired) electrons. The molecule has 24 heavy (non-hydrogen) atoms. The zero-order chi connectivity index (χ0) is 16.5. The van der Waals surface area contributed by atoms with Crippen LogP contribution in [0.15, 0.2) is 30.5 Å². The van der Waals surface area contributed by atoms with Crippen molar-refractivity contribution in [2.75, 3.05) is 13.2 Å². The van der Waals surface area contributed by atoms with E-state index < -0.39 is 0 Å². The topological polar surface area (TPSA) is 34.5 Å². The number of morpholine rings is 1. The van der Waals surface area contributed by atoms with Crippen LogP contribution in [0.5, 0.6) is 0 Å². The van der Waals surface area contributed by atoms with Gasteiger partial charge in [0.05, 0.1) is 18.8 Å². The first-order valence-corrected chi connectivity index (χ1v) is 9.18. The molecule has 0 N–H and O–H groups in total. The van der Waals surface area contributed by atoms with E-state index in [1.807, 2.05) is 0 Å². The van der Waals surface area contributed by atoms with Crippen LogP contribution < -0.4 is 0 Å². The van der Waals surface area contributed by atoms with Crippen LogP contribution in [0.2, 0.25) is 0 Å². The summed E-state index contributed by atoms with van der Waals surface area (Å²) in [4.78, 5) is 14.9. The highest BCUT2D eigenvalue weighted by Crippen LogP contribution is 2.29. The van der Waals surface area contributed by atoms with E-state index in [1.54, 1.807) is 0 Å². The molecule has 1 aromatic heterocycles. The minimum Gasteiger partial charge on any atom is -0.374 e. The maximum absolute atomic E-state index is 12.8. The quantitative estimate of drug-likeness (QED) is 0.867. The molecule has 2 fully saturated rings. The number of benzene rings is 1. The second-order valence-corrected chi connectivity index (χ2v) is 7.13. The summed E-state index contributed by atoms with van der Waals surface area (Å²) in [7, 11) is 2.07. The first-order valence-electron chi connectivity index (χ1n) is 9.18. The molecule has 4 heteroatoms. The van der Waals surface area contributed by atoms with Gasteiger partial charge in [0.15, 0.2) is 0 Å². The number of nitrogens with zero attached hydrogens (tertiary/aromatic N) is 2. The number of aryl methyl sites for hydroxylation is 2. The van der Waals surface area contributed by atoms with E-state index >= 15 is 0 Å². The molecule has 1 aliphatic heterocycles. The monoisotopic (exact) mass is 326 g/mol. The number of hydrogen-bond acceptors (Lipinski definition) is 2. The second-order valence-electron chi connectivity index (χ2n) is 7.13. The van der Waals surface area contributed by atoms with E-state index in [-0.39, 0.29) is 6.10 Å². The fourth-order valence-electron chi connectivity index (χ4n) is 4.42. The number of rotatable bonds is 3. The Morgan fingerprint density at radius 3 is 3.00 bits per heavy atom. The van der Waals surface area contributed by atoms with Crippen molar-refractivity contribution < 1.29 is 9.53 Å². The van der Waals surface area contributed by atoms with Crippen LogP contribution in [0.1, 0.15) is 37.7 Å². The van der Waals surface area contributed by atoms with Gasteiger partial charge in [0.1, 0.15) is 0 Å². The van der Waals surface area contributed by atoms with Crippen LogP contribution in [0.25, 0.3) is 10.9 Å². The second kappa shape index (κ2) is 6.60. The van der Waals surface area contributed by atoms with Gasteiger partial charge >= 0.3 is 0 Å². The van der Waals surface area contributed by atoms with Gasteiger partial charge in [-0.15, -0.1) is 0 Å². The van der Waals surface area contributed by atoms with Gasteiger partial charge in [0.2, 0.25) is 5.91 Å². The third-order valence-electron chi connectivity index (χ3n) is 5.64. The van der Waals surface area contributed by atoms with Gasteiger partial charge < -0.3 is 14.2 Å². The van der Waals surface area contributed by atoms with Gasteiger partial charge in [-0.2, -0.15) is 0 Å². The fraction of sp³-hybridized carbons (Fsp3) is 0.550. The van der Waals surface area contributed by atoms with Crippen LogP contribution in [0, 0.1) is 0 Å². The number of carbonyl (C=O) groups excluding carboxylic acids is 1. The predicted octanol–water partition coefficient (Wildman–Crippen LogP) is 3.28. The van der Waals surface area contributed by atoms with E-state index in [1.165, 1.54) is 29.3 Å². The standard InChI is InChI=1S/C20H26N2O2/c1-21-14-15(16-6-2-3-7-17(16)21)10-11-20(23)22-12-13-24-19-9-5-4-8-18(19)22/h2-3,6-7,14,18-19H,4-5,8-13H2,1H3/t18-,19-/m0/s1. The van der Waals surface area contributed by atoms with E-state index in [9.17, 15) is 4.79 Å². The number of carbonyl (C=O) groups is 1. The van der Waals surface area contributed by atoms with Crippen molar-refractivity contribution in [3.05, 3.63) is 36.0 Å². The third kappa shape index (κ3) is 2.84. The minimum atomic E-state index is 0.272. The number of hydrogen-bond donors (Lipinski definition) is 0. The van der Waals surface area contributed by atoms with Gasteiger partial charge in [-0.05, 0) is 30.9 Å². The summed E-state index contributed by atoms with van der Waals surface area (Å²) in [5.41, 5.74) is 2.51. The zero-order valence-corrected chi connectivity index (χ0v) is 14.4. The maximum atomic E-state index is 12.8. The van der Waals surface area contributed by atoms with E-state index in [0.29, 0.717) is 25.0 Å². The molecule has 2 aliphatic rings. The molecule has 2 atom stereocenters. The number of aromatic nitrogens is 1. The van der Waals surface area contributed by atoms with Crippen molar-refractivity contribution in [3.63, 3.8) is 0 Å². The molecule has 1 aliphatic carbocycles. The first kappa shape index (κ1) is 15.7. The van der Waals surface area contributed by atoms with Crippen molar-refractivity contribution in [1.29, 1.82) is 0 Å². The highest BCUT2D eigenvalue weighted by molar-refractivity contribution is 5.85. The van der Waals surface area contributed by atoms with Crippen molar-refractivity contribution in [2.45, 2.75) is 50.7 Å². The normalized spacial score (nSPS) is 24.1. The Labute approximate surface area is 143 Å². The summed E-state index contributed by atoms with van der Waals surface area (Å²) < 4.78 is 8.04. The molecule has 0 spiro atoms. The molecule has 2 aromatic rings. The van der Waals surface area contributed by atoms with E-state index in [0.717, 1.165) is 25.8 Å². The van der Waals surface area contributed by atoms with Crippen LogP contribution in [-0.4, -0.2) is 40.7 Å². The molecule has 1 aromatic carbocycles. The Kier molecular flexibility index (Phi) is 4.31. The molecule has 1 amide bonds. The summed E-state index contributed by atoms with van der Waals surface area (Å²) in [6.07, 6.45) is 8.51. The average molecular weight is 326 g/mol. The lowest BCUT2D eigenvalue weighted by molar-refractivity contribution is -0.149. The Bertz CT molecular complexity index is 734. The SMILES string of the molecule is Cn1cc(CCC(=O)N2CCO[C@H]3CCCC[C@@H]32)c2ccccc21. The molecular weight excluding hydrogens is 300 g/mol. The number of ether oxygens (including phenoxy) is 1. The Balaban J connectivity index is 1.46. The Hall–Kier alpha value is -1.81. The van der Waals surface area contributed by atoms with Crippen LogP contribution >= 0.6 is 0 Å². The van der Waals surface area contributed by atoms with Crippen molar-refractivity contribution in [2.24, 2.45) is 7.05 Å².